The number of nitrogens with one attached hydrogen (secondary N) is 2. The molecule has 6 heteroatoms. The number of fused-ring (bicyclic) bond motifs is 1. The first-order valence-corrected chi connectivity index (χ1v) is 9.42. The number of ether oxygens (including phenoxy) is 1. The van der Waals surface area contributed by atoms with E-state index in [1.54, 1.807) is 18.4 Å². The minimum Gasteiger partial charge on any atom is -0.496 e. The van der Waals surface area contributed by atoms with Gasteiger partial charge < -0.3 is 15.4 Å². The lowest BCUT2D eigenvalue weighted by Gasteiger charge is -2.27. The smallest absolute Gasteiger partial charge is 0.256 e. The van der Waals surface area contributed by atoms with Crippen LogP contribution in [0.5, 0.6) is 5.75 Å². The highest BCUT2D eigenvalue weighted by Gasteiger charge is 2.29. The summed E-state index contributed by atoms with van der Waals surface area (Å²) in [6.07, 6.45) is -0.274. The Balaban J connectivity index is 1.68. The third-order valence-corrected chi connectivity index (χ3v) is 5.69. The summed E-state index contributed by atoms with van der Waals surface area (Å²) in [6.45, 7) is 0. The van der Waals surface area contributed by atoms with E-state index >= 15 is 0 Å². The Labute approximate surface area is 158 Å². The van der Waals surface area contributed by atoms with E-state index in [1.807, 2.05) is 53.9 Å². The number of rotatable bonds is 3. The lowest BCUT2D eigenvalue weighted by Crippen LogP contribution is -2.37. The molecule has 1 aliphatic rings. The van der Waals surface area contributed by atoms with E-state index in [2.05, 4.69) is 26.6 Å². The maximum atomic E-state index is 12.8. The van der Waals surface area contributed by atoms with Gasteiger partial charge in [0.05, 0.1) is 17.1 Å². The van der Waals surface area contributed by atoms with E-state index < -0.39 is 0 Å². The standard InChI is InChI=1S/C19H15BrN2O2S/c1-24-15-8-7-12(9-14(15)20)17-21-18(23)16-13(10-25-19(16)22-17)11-5-3-2-4-6-11/h2-10,17,22H,1H3,(H,21,23). The molecule has 0 aliphatic carbocycles. The molecule has 1 atom stereocenters. The molecule has 0 saturated carbocycles. The van der Waals surface area contributed by atoms with Crippen molar-refractivity contribution in [2.45, 2.75) is 6.17 Å². The number of halogens is 1. The van der Waals surface area contributed by atoms with Crippen molar-refractivity contribution in [2.24, 2.45) is 0 Å². The van der Waals surface area contributed by atoms with Crippen molar-refractivity contribution >= 4 is 38.2 Å². The molecule has 126 valence electrons. The maximum absolute atomic E-state index is 12.8. The molecule has 2 N–H and O–H groups in total. The number of hydrogen-bond acceptors (Lipinski definition) is 4. The van der Waals surface area contributed by atoms with Gasteiger partial charge in [-0.2, -0.15) is 0 Å². The summed E-state index contributed by atoms with van der Waals surface area (Å²) in [5, 5.41) is 9.38. The average molecular weight is 415 g/mol. The summed E-state index contributed by atoms with van der Waals surface area (Å²) < 4.78 is 6.12. The Morgan fingerprint density at radius 1 is 1.12 bits per heavy atom. The Kier molecular flexibility index (Phi) is 4.23. The second kappa shape index (κ2) is 6.54. The monoisotopic (exact) mass is 414 g/mol. The zero-order chi connectivity index (χ0) is 17.4. The number of amides is 1. The van der Waals surface area contributed by atoms with Crippen molar-refractivity contribution < 1.29 is 9.53 Å². The van der Waals surface area contributed by atoms with Gasteiger partial charge in [0.1, 0.15) is 16.9 Å². The van der Waals surface area contributed by atoms with Gasteiger partial charge in [-0.15, -0.1) is 11.3 Å². The number of carbonyl (C=O) groups excluding carboxylic acids is 1. The van der Waals surface area contributed by atoms with Crippen molar-refractivity contribution in [3.8, 4) is 16.9 Å². The molecule has 3 aromatic rings. The Morgan fingerprint density at radius 3 is 2.64 bits per heavy atom. The first-order chi connectivity index (χ1) is 12.2. The maximum Gasteiger partial charge on any atom is 0.256 e. The summed E-state index contributed by atoms with van der Waals surface area (Å²) >= 11 is 5.05. The Morgan fingerprint density at radius 2 is 1.92 bits per heavy atom. The Hall–Kier alpha value is -2.31. The van der Waals surface area contributed by atoms with Crippen LogP contribution in [0.3, 0.4) is 0 Å². The SMILES string of the molecule is COc1ccc(C2NC(=O)c3c(-c4ccccc4)csc3N2)cc1Br. The van der Waals surface area contributed by atoms with Crippen LogP contribution >= 0.6 is 27.3 Å². The second-order valence-corrected chi connectivity index (χ2v) is 7.40. The van der Waals surface area contributed by atoms with Gasteiger partial charge in [-0.05, 0) is 39.2 Å². The van der Waals surface area contributed by atoms with E-state index in [9.17, 15) is 4.79 Å². The molecule has 0 bridgehead atoms. The van der Waals surface area contributed by atoms with Gasteiger partial charge >= 0.3 is 0 Å². The van der Waals surface area contributed by atoms with Crippen molar-refractivity contribution in [3.63, 3.8) is 0 Å². The predicted octanol–water partition coefficient (Wildman–Crippen LogP) is 5.04. The number of thiophene rings is 1. The van der Waals surface area contributed by atoms with Gasteiger partial charge in [0.25, 0.3) is 5.91 Å². The molecule has 25 heavy (non-hydrogen) atoms. The van der Waals surface area contributed by atoms with Crippen molar-refractivity contribution in [2.75, 3.05) is 12.4 Å². The lowest BCUT2D eigenvalue weighted by molar-refractivity contribution is 0.0937. The zero-order valence-electron chi connectivity index (χ0n) is 13.4. The molecule has 2 heterocycles. The van der Waals surface area contributed by atoms with Gasteiger partial charge in [0.2, 0.25) is 0 Å². The number of carbonyl (C=O) groups is 1. The van der Waals surface area contributed by atoms with Crippen LogP contribution in [0, 0.1) is 0 Å². The molecule has 4 nitrogen and oxygen atoms in total. The summed E-state index contributed by atoms with van der Waals surface area (Å²) in [4.78, 5) is 12.8. The summed E-state index contributed by atoms with van der Waals surface area (Å²) in [5.74, 6) is 0.694. The lowest BCUT2D eigenvalue weighted by atomic mass is 10.0. The van der Waals surface area contributed by atoms with Crippen LogP contribution in [0.15, 0.2) is 58.4 Å². The fourth-order valence-corrected chi connectivity index (χ4v) is 4.47. The van der Waals surface area contributed by atoms with Crippen LogP contribution in [0.2, 0.25) is 0 Å². The number of hydrogen-bond donors (Lipinski definition) is 2. The molecule has 0 saturated heterocycles. The molecule has 0 fully saturated rings. The second-order valence-electron chi connectivity index (χ2n) is 5.66. The highest BCUT2D eigenvalue weighted by atomic mass is 79.9. The first-order valence-electron chi connectivity index (χ1n) is 7.75. The number of benzene rings is 2. The van der Waals surface area contributed by atoms with Crippen LogP contribution in [0.25, 0.3) is 11.1 Å². The quantitative estimate of drug-likeness (QED) is 0.630. The van der Waals surface area contributed by atoms with Gasteiger partial charge in [-0.1, -0.05) is 36.4 Å². The van der Waals surface area contributed by atoms with Crippen molar-refractivity contribution in [1.82, 2.24) is 5.32 Å². The highest BCUT2D eigenvalue weighted by Crippen LogP contribution is 2.40. The molecule has 1 aliphatic heterocycles. The topological polar surface area (TPSA) is 50.4 Å². The molecular formula is C19H15BrN2O2S. The van der Waals surface area contributed by atoms with Gasteiger partial charge in [0.15, 0.2) is 0 Å². The van der Waals surface area contributed by atoms with Crippen molar-refractivity contribution in [3.05, 3.63) is 69.5 Å². The Bertz CT molecular complexity index is 940. The van der Waals surface area contributed by atoms with E-state index in [1.165, 1.54) is 0 Å². The van der Waals surface area contributed by atoms with Crippen LogP contribution in [-0.4, -0.2) is 13.0 Å². The molecule has 4 rings (SSSR count). The van der Waals surface area contributed by atoms with Crippen LogP contribution in [-0.2, 0) is 0 Å². The van der Waals surface area contributed by atoms with E-state index in [0.717, 1.165) is 31.9 Å². The molecule has 0 radical (unpaired) electrons. The number of methoxy groups -OCH3 is 1. The first kappa shape index (κ1) is 16.2. The minimum atomic E-state index is -0.274. The van der Waals surface area contributed by atoms with Gasteiger partial charge in [-0.3, -0.25) is 4.79 Å². The molecular weight excluding hydrogens is 400 g/mol. The van der Waals surface area contributed by atoms with Crippen molar-refractivity contribution in [1.29, 1.82) is 0 Å². The van der Waals surface area contributed by atoms with Gasteiger partial charge in [0, 0.05) is 10.9 Å². The predicted molar refractivity (Wildman–Crippen MR) is 104 cm³/mol. The highest BCUT2D eigenvalue weighted by molar-refractivity contribution is 9.10. The summed E-state index contributed by atoms with van der Waals surface area (Å²) in [7, 11) is 1.63. The van der Waals surface area contributed by atoms with Crippen LogP contribution in [0.1, 0.15) is 22.1 Å². The minimum absolute atomic E-state index is 0.0641. The fourth-order valence-electron chi connectivity index (χ4n) is 2.92. The van der Waals surface area contributed by atoms with E-state index in [4.69, 9.17) is 4.74 Å². The van der Waals surface area contributed by atoms with Gasteiger partial charge in [-0.25, -0.2) is 0 Å². The average Bonchev–Trinajstić information content (AvgIpc) is 3.07. The largest absolute Gasteiger partial charge is 0.496 e. The fraction of sp³-hybridized carbons (Fsp3) is 0.105. The van der Waals surface area contributed by atoms with Crippen LogP contribution < -0.4 is 15.4 Å². The van der Waals surface area contributed by atoms with E-state index in [-0.39, 0.29) is 12.1 Å². The number of anilines is 1. The van der Waals surface area contributed by atoms with E-state index in [0.29, 0.717) is 5.56 Å². The molecule has 2 aromatic carbocycles. The normalized spacial score (nSPS) is 15.9. The third-order valence-electron chi connectivity index (χ3n) is 4.16. The zero-order valence-corrected chi connectivity index (χ0v) is 15.8. The summed E-state index contributed by atoms with van der Waals surface area (Å²) in [6, 6.07) is 15.7. The summed E-state index contributed by atoms with van der Waals surface area (Å²) in [5.41, 5.74) is 3.67. The molecule has 1 unspecified atom stereocenters. The van der Waals surface area contributed by atoms with Crippen LogP contribution in [0.4, 0.5) is 5.00 Å². The molecule has 0 spiro atoms. The third kappa shape index (κ3) is 2.92. The molecule has 1 amide bonds. The molecule has 1 aromatic heterocycles.